The molecule has 0 atom stereocenters. The average molecular weight is 488 g/mol. The first-order valence-electron chi connectivity index (χ1n) is 11.4. The second kappa shape index (κ2) is 7.84. The summed E-state index contributed by atoms with van der Waals surface area (Å²) in [5.74, 6) is 0.0118. The minimum absolute atomic E-state index is 0.0118. The maximum atomic E-state index is 13.2. The van der Waals surface area contributed by atoms with E-state index in [-0.39, 0.29) is 30.4 Å². The second-order valence-corrected chi connectivity index (χ2v) is 12.3. The first-order valence-corrected chi connectivity index (χ1v) is 12.8. The second-order valence-electron chi connectivity index (χ2n) is 10.4. The van der Waals surface area contributed by atoms with Crippen molar-refractivity contribution in [2.24, 2.45) is 5.41 Å². The van der Waals surface area contributed by atoms with Gasteiger partial charge in [-0.3, -0.25) is 4.79 Å². The predicted molar refractivity (Wildman–Crippen MR) is 124 cm³/mol. The first-order chi connectivity index (χ1) is 16.0. The molecule has 2 aromatic rings. The maximum Gasteiger partial charge on any atom is 0.407 e. The number of fused-ring (bicyclic) bond motifs is 1. The Hall–Kier alpha value is -2.85. The highest BCUT2D eigenvalue weighted by Crippen LogP contribution is 2.47. The molecule has 1 N–H and O–H groups in total. The van der Waals surface area contributed by atoms with Crippen LogP contribution in [0.4, 0.5) is 4.79 Å². The van der Waals surface area contributed by atoms with E-state index in [0.29, 0.717) is 18.7 Å². The Bertz CT molecular complexity index is 1280. The molecular formula is C24H29N3O6S. The van der Waals surface area contributed by atoms with Gasteiger partial charge in [0.05, 0.1) is 16.6 Å². The van der Waals surface area contributed by atoms with Gasteiger partial charge in [-0.1, -0.05) is 0 Å². The first kappa shape index (κ1) is 22.9. The van der Waals surface area contributed by atoms with Crippen molar-refractivity contribution in [3.8, 4) is 0 Å². The lowest BCUT2D eigenvalue weighted by Crippen LogP contribution is -2.44. The summed E-state index contributed by atoms with van der Waals surface area (Å²) in [5, 5.41) is 3.48. The highest BCUT2D eigenvalue weighted by molar-refractivity contribution is 7.89. The van der Waals surface area contributed by atoms with Crippen molar-refractivity contribution >= 4 is 33.0 Å². The standard InChI is InChI=1S/C24H29N3O6S/c1-23(2,3)33-22(29)25-15-24(7-8-24)21(28)26-11-17-13-27(14-18(17)12-26)34(30,31)19-4-5-20-16(10-19)6-9-32-20/h4-6,9-10H,7-8,11-15H2,1-3H3,(H,25,29). The van der Waals surface area contributed by atoms with Crippen LogP contribution >= 0.6 is 0 Å². The predicted octanol–water partition coefficient (Wildman–Crippen LogP) is 2.88. The van der Waals surface area contributed by atoms with Crippen molar-refractivity contribution < 1.29 is 27.2 Å². The van der Waals surface area contributed by atoms with Crippen LogP contribution in [0.2, 0.25) is 0 Å². The van der Waals surface area contributed by atoms with Crippen molar-refractivity contribution in [3.05, 3.63) is 41.7 Å². The summed E-state index contributed by atoms with van der Waals surface area (Å²) in [6.07, 6.45) is 2.46. The Kier molecular flexibility index (Phi) is 5.29. The molecule has 182 valence electrons. The van der Waals surface area contributed by atoms with E-state index in [2.05, 4.69) is 5.32 Å². The van der Waals surface area contributed by atoms with Gasteiger partial charge in [-0.05, 0) is 69.0 Å². The summed E-state index contributed by atoms with van der Waals surface area (Å²) in [4.78, 5) is 27.3. The van der Waals surface area contributed by atoms with Crippen LogP contribution in [-0.2, 0) is 19.6 Å². The molecule has 34 heavy (non-hydrogen) atoms. The van der Waals surface area contributed by atoms with Gasteiger partial charge in [0, 0.05) is 38.1 Å². The molecule has 1 aromatic heterocycles. The molecule has 0 spiro atoms. The van der Waals surface area contributed by atoms with Crippen LogP contribution in [0.5, 0.6) is 0 Å². The molecule has 0 unspecified atom stereocenters. The Morgan fingerprint density at radius 1 is 1.09 bits per heavy atom. The van der Waals surface area contributed by atoms with Gasteiger partial charge in [-0.15, -0.1) is 0 Å². The van der Waals surface area contributed by atoms with Gasteiger partial charge in [0.2, 0.25) is 15.9 Å². The molecule has 2 amide bonds. The zero-order valence-electron chi connectivity index (χ0n) is 19.6. The summed E-state index contributed by atoms with van der Waals surface area (Å²) < 4.78 is 38.5. The summed E-state index contributed by atoms with van der Waals surface area (Å²) in [6.45, 7) is 7.05. The molecule has 0 bridgehead atoms. The fourth-order valence-corrected chi connectivity index (χ4v) is 6.09. The van der Waals surface area contributed by atoms with E-state index in [1.54, 1.807) is 49.9 Å². The molecule has 2 aliphatic heterocycles. The third-order valence-corrected chi connectivity index (χ3v) is 8.41. The number of rotatable bonds is 5. The Labute approximate surface area is 198 Å². The summed E-state index contributed by atoms with van der Waals surface area (Å²) in [5.41, 5.74) is 1.43. The highest BCUT2D eigenvalue weighted by atomic mass is 32.2. The molecule has 3 aliphatic rings. The Balaban J connectivity index is 1.19. The number of hydrogen-bond acceptors (Lipinski definition) is 6. The molecule has 9 nitrogen and oxygen atoms in total. The van der Waals surface area contributed by atoms with E-state index in [9.17, 15) is 18.0 Å². The number of nitrogens with zero attached hydrogens (tertiary/aromatic N) is 2. The van der Waals surface area contributed by atoms with Crippen LogP contribution in [-0.4, -0.2) is 67.9 Å². The number of amides is 2. The molecular weight excluding hydrogens is 458 g/mol. The van der Waals surface area contributed by atoms with E-state index in [1.165, 1.54) is 10.6 Å². The number of benzene rings is 1. The number of alkyl carbamates (subject to hydrolysis) is 1. The Morgan fingerprint density at radius 2 is 1.76 bits per heavy atom. The lowest BCUT2D eigenvalue weighted by molar-refractivity contribution is -0.135. The molecule has 1 saturated carbocycles. The van der Waals surface area contributed by atoms with Crippen molar-refractivity contribution in [1.29, 1.82) is 0 Å². The van der Waals surface area contributed by atoms with Crippen LogP contribution in [0.25, 0.3) is 11.0 Å². The van der Waals surface area contributed by atoms with Gasteiger partial charge < -0.3 is 19.4 Å². The van der Waals surface area contributed by atoms with Crippen LogP contribution < -0.4 is 5.32 Å². The number of furan rings is 1. The van der Waals surface area contributed by atoms with E-state index in [0.717, 1.165) is 29.4 Å². The number of hydrogen-bond donors (Lipinski definition) is 1. The minimum atomic E-state index is -3.65. The van der Waals surface area contributed by atoms with Crippen molar-refractivity contribution in [2.75, 3.05) is 32.7 Å². The van der Waals surface area contributed by atoms with Crippen molar-refractivity contribution in [2.45, 2.75) is 44.1 Å². The normalized spacial score (nSPS) is 20.0. The molecule has 10 heteroatoms. The lowest BCUT2D eigenvalue weighted by atomic mass is 10.1. The topological polar surface area (TPSA) is 109 Å². The van der Waals surface area contributed by atoms with Crippen LogP contribution in [0.1, 0.15) is 33.6 Å². The third-order valence-electron chi connectivity index (χ3n) is 6.62. The zero-order chi connectivity index (χ0) is 24.3. The van der Waals surface area contributed by atoms with Gasteiger partial charge in [-0.25, -0.2) is 13.2 Å². The average Bonchev–Trinajstić information content (AvgIpc) is 3.08. The molecule has 1 aromatic carbocycles. The van der Waals surface area contributed by atoms with E-state index in [1.807, 2.05) is 0 Å². The quantitative estimate of drug-likeness (QED) is 0.650. The van der Waals surface area contributed by atoms with E-state index < -0.39 is 27.1 Å². The van der Waals surface area contributed by atoms with Crippen LogP contribution in [0, 0.1) is 5.41 Å². The number of carbonyl (C=O) groups is 2. The number of nitrogens with one attached hydrogen (secondary N) is 1. The number of carbonyl (C=O) groups excluding carboxylic acids is 2. The minimum Gasteiger partial charge on any atom is -0.464 e. The number of sulfonamides is 1. The van der Waals surface area contributed by atoms with Gasteiger partial charge in [0.25, 0.3) is 0 Å². The molecule has 3 heterocycles. The van der Waals surface area contributed by atoms with Gasteiger partial charge in [0.15, 0.2) is 0 Å². The SMILES string of the molecule is CC(C)(C)OC(=O)NCC1(C(=O)N2CC3=C(C2)CN(S(=O)(=O)c2ccc4occc4c2)C3)CC1. The number of ether oxygens (including phenoxy) is 1. The fraction of sp³-hybridized carbons (Fsp3) is 0.500. The van der Waals surface area contributed by atoms with E-state index in [4.69, 9.17) is 9.15 Å². The van der Waals surface area contributed by atoms with Crippen LogP contribution in [0.3, 0.4) is 0 Å². The lowest BCUT2D eigenvalue weighted by Gasteiger charge is -2.27. The van der Waals surface area contributed by atoms with Crippen LogP contribution in [0.15, 0.2) is 51.0 Å². The van der Waals surface area contributed by atoms with Gasteiger partial charge in [0.1, 0.15) is 11.2 Å². The van der Waals surface area contributed by atoms with Gasteiger partial charge in [-0.2, -0.15) is 4.31 Å². The third kappa shape index (κ3) is 4.20. The molecule has 0 radical (unpaired) electrons. The largest absolute Gasteiger partial charge is 0.464 e. The van der Waals surface area contributed by atoms with Crippen molar-refractivity contribution in [3.63, 3.8) is 0 Å². The molecule has 5 rings (SSSR count). The van der Waals surface area contributed by atoms with Crippen molar-refractivity contribution in [1.82, 2.24) is 14.5 Å². The van der Waals surface area contributed by atoms with E-state index >= 15 is 0 Å². The molecule has 1 fully saturated rings. The molecule has 0 saturated heterocycles. The highest BCUT2D eigenvalue weighted by Gasteiger charge is 2.53. The summed E-state index contributed by atoms with van der Waals surface area (Å²) in [7, 11) is -3.65. The summed E-state index contributed by atoms with van der Waals surface area (Å²) in [6, 6.07) is 6.60. The summed E-state index contributed by atoms with van der Waals surface area (Å²) >= 11 is 0. The van der Waals surface area contributed by atoms with Gasteiger partial charge >= 0.3 is 6.09 Å². The molecule has 1 aliphatic carbocycles. The maximum absolute atomic E-state index is 13.2. The Morgan fingerprint density at radius 3 is 2.38 bits per heavy atom. The zero-order valence-corrected chi connectivity index (χ0v) is 20.4. The smallest absolute Gasteiger partial charge is 0.407 e. The monoisotopic (exact) mass is 487 g/mol. The fourth-order valence-electron chi connectivity index (χ4n) is 4.62.